The Kier molecular flexibility index (Phi) is 14.5. The van der Waals surface area contributed by atoms with Crippen LogP contribution >= 0.6 is 0 Å². The van der Waals surface area contributed by atoms with Crippen molar-refractivity contribution in [1.29, 1.82) is 0 Å². The lowest BCUT2D eigenvalue weighted by Crippen LogP contribution is -2.39. The van der Waals surface area contributed by atoms with Crippen molar-refractivity contribution in [2.45, 2.75) is 66.3 Å². The molecule has 4 aromatic rings. The van der Waals surface area contributed by atoms with Crippen molar-refractivity contribution < 1.29 is 28.8 Å². The Labute approximate surface area is 273 Å². The molecule has 1 N–H and O–H groups in total. The molecule has 0 spiro atoms. The van der Waals surface area contributed by atoms with Crippen LogP contribution in [0.3, 0.4) is 0 Å². The molecule has 0 fully saturated rings. The SMILES string of the molecule is CCC=Cc1ccc(OCc2ccccc2)cc1O.CCC=Cc1ccc(OCc2ccccc2)cc1OC(C)(C)C(=O)OCC. The van der Waals surface area contributed by atoms with Gasteiger partial charge < -0.3 is 24.1 Å². The van der Waals surface area contributed by atoms with Gasteiger partial charge in [-0.05, 0) is 69.0 Å². The van der Waals surface area contributed by atoms with Crippen molar-refractivity contribution in [3.63, 3.8) is 0 Å². The maximum atomic E-state index is 12.2. The molecule has 6 heteroatoms. The Balaban J connectivity index is 0.000000266. The van der Waals surface area contributed by atoms with Crippen LogP contribution in [0.5, 0.6) is 23.0 Å². The fourth-order valence-corrected chi connectivity index (χ4v) is 4.18. The van der Waals surface area contributed by atoms with Gasteiger partial charge in [0.2, 0.25) is 0 Å². The van der Waals surface area contributed by atoms with Crippen LogP contribution in [-0.2, 0) is 22.7 Å². The molecule has 0 unspecified atom stereocenters. The number of aromatic hydroxyl groups is 1. The molecule has 0 radical (unpaired) electrons. The maximum absolute atomic E-state index is 12.2. The molecule has 0 aliphatic carbocycles. The topological polar surface area (TPSA) is 74.2 Å². The van der Waals surface area contributed by atoms with E-state index >= 15 is 0 Å². The number of phenolic OH excluding ortho intramolecular Hbond substituents is 1. The van der Waals surface area contributed by atoms with Crippen LogP contribution in [0.1, 0.15) is 69.7 Å². The second-order valence-corrected chi connectivity index (χ2v) is 10.9. The molecule has 4 aromatic carbocycles. The van der Waals surface area contributed by atoms with Crippen molar-refractivity contribution in [3.8, 4) is 23.0 Å². The summed E-state index contributed by atoms with van der Waals surface area (Å²) >= 11 is 0. The molecule has 0 heterocycles. The van der Waals surface area contributed by atoms with Gasteiger partial charge in [0.15, 0.2) is 5.60 Å². The van der Waals surface area contributed by atoms with Crippen molar-refractivity contribution in [1.82, 2.24) is 0 Å². The highest BCUT2D eigenvalue weighted by Crippen LogP contribution is 2.30. The molecule has 4 rings (SSSR count). The molecule has 0 saturated heterocycles. The minimum absolute atomic E-state index is 0.246. The van der Waals surface area contributed by atoms with E-state index in [0.717, 1.165) is 35.1 Å². The quantitative estimate of drug-likeness (QED) is 0.141. The third kappa shape index (κ3) is 11.8. The Hall–Kier alpha value is -4.97. The van der Waals surface area contributed by atoms with Crippen LogP contribution in [0.25, 0.3) is 12.2 Å². The summed E-state index contributed by atoms with van der Waals surface area (Å²) in [5.41, 5.74) is 2.80. The van der Waals surface area contributed by atoms with Crippen molar-refractivity contribution in [3.05, 3.63) is 131 Å². The van der Waals surface area contributed by atoms with E-state index in [-0.39, 0.29) is 5.75 Å². The Bertz CT molecular complexity index is 1540. The number of rotatable bonds is 14. The largest absolute Gasteiger partial charge is 0.507 e. The van der Waals surface area contributed by atoms with Gasteiger partial charge in [-0.25, -0.2) is 4.79 Å². The van der Waals surface area contributed by atoms with E-state index in [0.29, 0.717) is 37.1 Å². The highest BCUT2D eigenvalue weighted by molar-refractivity contribution is 5.79. The molecule has 0 aliphatic rings. The smallest absolute Gasteiger partial charge is 0.349 e. The molecule has 0 saturated carbocycles. The second kappa shape index (κ2) is 18.7. The van der Waals surface area contributed by atoms with Crippen molar-refractivity contribution >= 4 is 18.1 Å². The summed E-state index contributed by atoms with van der Waals surface area (Å²) in [6.07, 6.45) is 9.82. The summed E-state index contributed by atoms with van der Waals surface area (Å²) in [5.74, 6) is 1.79. The van der Waals surface area contributed by atoms with E-state index in [1.165, 1.54) is 0 Å². The molecular weight excluding hydrogens is 576 g/mol. The van der Waals surface area contributed by atoms with Gasteiger partial charge >= 0.3 is 5.97 Å². The Morgan fingerprint density at radius 3 is 1.70 bits per heavy atom. The third-order valence-electron chi connectivity index (χ3n) is 6.68. The Morgan fingerprint density at radius 1 is 0.696 bits per heavy atom. The highest BCUT2D eigenvalue weighted by atomic mass is 16.6. The zero-order valence-electron chi connectivity index (χ0n) is 27.6. The number of carbonyl (C=O) groups excluding carboxylic acids is 1. The molecular formula is C40H46O6. The number of allylic oxidation sites excluding steroid dienone is 2. The van der Waals surface area contributed by atoms with Gasteiger partial charge in [-0.3, -0.25) is 0 Å². The molecule has 46 heavy (non-hydrogen) atoms. The lowest BCUT2D eigenvalue weighted by molar-refractivity contribution is -0.158. The first kappa shape index (κ1) is 35.5. The van der Waals surface area contributed by atoms with Gasteiger partial charge in [0.25, 0.3) is 0 Å². The zero-order chi connectivity index (χ0) is 33.2. The fourth-order valence-electron chi connectivity index (χ4n) is 4.18. The van der Waals surface area contributed by atoms with E-state index in [2.05, 4.69) is 13.8 Å². The molecule has 242 valence electrons. The standard InChI is InChI=1S/C23H28O4.C17H18O2/c1-5-7-13-19-14-15-20(26-17-18-11-9-8-10-12-18)16-21(19)27-23(3,4)22(24)25-6-2;1-2-3-9-15-10-11-16(12-17(15)18)19-13-14-7-5-4-6-8-14/h7-16H,5-6,17H2,1-4H3;3-12,18H,2,13H2,1H3. The number of ether oxygens (including phenoxy) is 4. The summed E-state index contributed by atoms with van der Waals surface area (Å²) in [6.45, 7) is 10.6. The average Bonchev–Trinajstić information content (AvgIpc) is 3.07. The number of esters is 1. The van der Waals surface area contributed by atoms with Crippen molar-refractivity contribution in [2.75, 3.05) is 6.61 Å². The normalized spacial score (nSPS) is 11.2. The first-order chi connectivity index (χ1) is 22.2. The van der Waals surface area contributed by atoms with E-state index in [1.807, 2.05) is 115 Å². The first-order valence-electron chi connectivity index (χ1n) is 15.8. The van der Waals surface area contributed by atoms with Gasteiger partial charge in [-0.2, -0.15) is 0 Å². The number of phenols is 1. The van der Waals surface area contributed by atoms with Crippen LogP contribution in [0.15, 0.2) is 109 Å². The zero-order valence-corrected chi connectivity index (χ0v) is 27.6. The average molecular weight is 623 g/mol. The fraction of sp³-hybridized carbons (Fsp3) is 0.275. The van der Waals surface area contributed by atoms with Crippen LogP contribution in [0.4, 0.5) is 0 Å². The van der Waals surface area contributed by atoms with E-state index in [1.54, 1.807) is 26.8 Å². The third-order valence-corrected chi connectivity index (χ3v) is 6.68. The minimum Gasteiger partial charge on any atom is -0.507 e. The second-order valence-electron chi connectivity index (χ2n) is 10.9. The van der Waals surface area contributed by atoms with Gasteiger partial charge in [-0.1, -0.05) is 98.8 Å². The summed E-state index contributed by atoms with van der Waals surface area (Å²) in [7, 11) is 0. The van der Waals surface area contributed by atoms with Crippen molar-refractivity contribution in [2.24, 2.45) is 0 Å². The molecule has 0 aliphatic heterocycles. The molecule has 0 bridgehead atoms. The lowest BCUT2D eigenvalue weighted by atomic mass is 10.1. The summed E-state index contributed by atoms with van der Waals surface area (Å²) < 4.78 is 22.7. The highest BCUT2D eigenvalue weighted by Gasteiger charge is 2.32. The number of benzene rings is 4. The number of hydrogen-bond acceptors (Lipinski definition) is 6. The minimum atomic E-state index is -1.09. The predicted octanol–water partition coefficient (Wildman–Crippen LogP) is 9.80. The summed E-state index contributed by atoms with van der Waals surface area (Å²) in [6, 6.07) is 31.0. The first-order valence-corrected chi connectivity index (χ1v) is 15.8. The summed E-state index contributed by atoms with van der Waals surface area (Å²) in [5, 5.41) is 9.88. The molecule has 6 nitrogen and oxygen atoms in total. The van der Waals surface area contributed by atoms with Gasteiger partial charge in [0, 0.05) is 23.3 Å². The molecule has 0 amide bonds. The van der Waals surface area contributed by atoms with E-state index < -0.39 is 11.6 Å². The van der Waals surface area contributed by atoms with Crippen LogP contribution in [0, 0.1) is 0 Å². The predicted molar refractivity (Wildman–Crippen MR) is 186 cm³/mol. The van der Waals surface area contributed by atoms with E-state index in [4.69, 9.17) is 18.9 Å². The lowest BCUT2D eigenvalue weighted by Gasteiger charge is -2.25. The van der Waals surface area contributed by atoms with Crippen LogP contribution in [0.2, 0.25) is 0 Å². The Morgan fingerprint density at radius 2 is 1.20 bits per heavy atom. The van der Waals surface area contributed by atoms with Gasteiger partial charge in [0.1, 0.15) is 36.2 Å². The maximum Gasteiger partial charge on any atom is 0.349 e. The van der Waals surface area contributed by atoms with Gasteiger partial charge in [-0.15, -0.1) is 0 Å². The number of hydrogen-bond donors (Lipinski definition) is 1. The van der Waals surface area contributed by atoms with Crippen LogP contribution in [-0.4, -0.2) is 23.3 Å². The van der Waals surface area contributed by atoms with E-state index in [9.17, 15) is 9.90 Å². The monoisotopic (exact) mass is 622 g/mol. The summed E-state index contributed by atoms with van der Waals surface area (Å²) in [4.78, 5) is 12.2. The number of carbonyl (C=O) groups is 1. The van der Waals surface area contributed by atoms with Crippen LogP contribution < -0.4 is 14.2 Å². The molecule has 0 aromatic heterocycles. The molecule has 0 atom stereocenters. The van der Waals surface area contributed by atoms with Gasteiger partial charge in [0.05, 0.1) is 6.61 Å².